The first-order chi connectivity index (χ1) is 10.1. The van der Waals surface area contributed by atoms with Crippen LogP contribution in [0.15, 0.2) is 33.3 Å². The zero-order chi connectivity index (χ0) is 15.0. The SMILES string of the molecule is CCC(C)N(C)Cc1ncc2oc3ccc(Br)cc3c2n1. The van der Waals surface area contributed by atoms with Crippen molar-refractivity contribution in [2.45, 2.75) is 32.9 Å². The van der Waals surface area contributed by atoms with Gasteiger partial charge in [-0.05, 0) is 38.6 Å². The Morgan fingerprint density at radius 1 is 1.33 bits per heavy atom. The quantitative estimate of drug-likeness (QED) is 0.702. The highest BCUT2D eigenvalue weighted by Gasteiger charge is 2.13. The predicted molar refractivity (Wildman–Crippen MR) is 88.2 cm³/mol. The molecular formula is C16H18BrN3O. The summed E-state index contributed by atoms with van der Waals surface area (Å²) in [6.07, 6.45) is 2.89. The average Bonchev–Trinajstić information content (AvgIpc) is 2.83. The van der Waals surface area contributed by atoms with Crippen molar-refractivity contribution in [1.29, 1.82) is 0 Å². The van der Waals surface area contributed by atoms with Crippen molar-refractivity contribution in [2.24, 2.45) is 0 Å². The molecule has 110 valence electrons. The third kappa shape index (κ3) is 2.80. The number of aromatic nitrogens is 2. The van der Waals surface area contributed by atoms with Crippen LogP contribution in [-0.2, 0) is 6.54 Å². The molecule has 0 bridgehead atoms. The summed E-state index contributed by atoms with van der Waals surface area (Å²) in [5.41, 5.74) is 2.46. The number of benzene rings is 1. The Bertz CT molecular complexity index is 784. The van der Waals surface area contributed by atoms with E-state index in [4.69, 9.17) is 9.40 Å². The molecule has 0 N–H and O–H groups in total. The first-order valence-electron chi connectivity index (χ1n) is 7.12. The number of nitrogens with zero attached hydrogens (tertiary/aromatic N) is 3. The molecule has 5 heteroatoms. The number of furan rings is 1. The zero-order valence-electron chi connectivity index (χ0n) is 12.4. The van der Waals surface area contributed by atoms with Crippen LogP contribution in [0.25, 0.3) is 22.1 Å². The van der Waals surface area contributed by atoms with Gasteiger partial charge in [-0.25, -0.2) is 9.97 Å². The first kappa shape index (κ1) is 14.5. The van der Waals surface area contributed by atoms with Crippen LogP contribution in [-0.4, -0.2) is 28.0 Å². The minimum atomic E-state index is 0.513. The lowest BCUT2D eigenvalue weighted by atomic mass is 10.2. The minimum Gasteiger partial charge on any atom is -0.453 e. The molecule has 1 aromatic carbocycles. The summed E-state index contributed by atoms with van der Waals surface area (Å²) in [6.45, 7) is 5.14. The molecule has 21 heavy (non-hydrogen) atoms. The third-order valence-corrected chi connectivity index (χ3v) is 4.45. The van der Waals surface area contributed by atoms with Gasteiger partial charge in [0.15, 0.2) is 5.58 Å². The molecule has 0 radical (unpaired) electrons. The molecular weight excluding hydrogens is 330 g/mol. The second-order valence-electron chi connectivity index (χ2n) is 5.41. The molecule has 2 heterocycles. The van der Waals surface area contributed by atoms with E-state index in [1.165, 1.54) is 0 Å². The van der Waals surface area contributed by atoms with E-state index in [-0.39, 0.29) is 0 Å². The predicted octanol–water partition coefficient (Wildman–Crippen LogP) is 4.37. The molecule has 2 aromatic heterocycles. The Hall–Kier alpha value is -1.46. The van der Waals surface area contributed by atoms with E-state index in [2.05, 4.69) is 46.7 Å². The fraction of sp³-hybridized carbons (Fsp3) is 0.375. The van der Waals surface area contributed by atoms with Gasteiger partial charge in [0.1, 0.15) is 16.9 Å². The summed E-state index contributed by atoms with van der Waals surface area (Å²) in [5, 5.41) is 1.02. The van der Waals surface area contributed by atoms with E-state index in [1.807, 2.05) is 18.2 Å². The molecule has 4 nitrogen and oxygen atoms in total. The lowest BCUT2D eigenvalue weighted by Gasteiger charge is -2.22. The average molecular weight is 348 g/mol. The van der Waals surface area contributed by atoms with Gasteiger partial charge in [0, 0.05) is 15.9 Å². The number of hydrogen-bond donors (Lipinski definition) is 0. The van der Waals surface area contributed by atoms with Gasteiger partial charge in [-0.2, -0.15) is 0 Å². The van der Waals surface area contributed by atoms with Crippen molar-refractivity contribution in [3.63, 3.8) is 0 Å². The van der Waals surface area contributed by atoms with Gasteiger partial charge in [-0.15, -0.1) is 0 Å². The van der Waals surface area contributed by atoms with E-state index in [1.54, 1.807) is 6.20 Å². The summed E-state index contributed by atoms with van der Waals surface area (Å²) in [4.78, 5) is 11.4. The van der Waals surface area contributed by atoms with E-state index in [9.17, 15) is 0 Å². The normalized spacial score (nSPS) is 13.4. The summed E-state index contributed by atoms with van der Waals surface area (Å²) in [6, 6.07) is 6.47. The monoisotopic (exact) mass is 347 g/mol. The largest absolute Gasteiger partial charge is 0.453 e. The summed E-state index contributed by atoms with van der Waals surface area (Å²) in [7, 11) is 2.10. The lowest BCUT2D eigenvalue weighted by molar-refractivity contribution is 0.238. The molecule has 3 aromatic rings. The molecule has 0 aliphatic heterocycles. The summed E-state index contributed by atoms with van der Waals surface area (Å²) < 4.78 is 6.80. The Balaban J connectivity index is 2.02. The molecule has 1 atom stereocenters. The number of fused-ring (bicyclic) bond motifs is 3. The van der Waals surface area contributed by atoms with Crippen molar-refractivity contribution in [3.8, 4) is 0 Å². The van der Waals surface area contributed by atoms with Crippen LogP contribution in [0.3, 0.4) is 0 Å². The number of halogens is 1. The van der Waals surface area contributed by atoms with Gasteiger partial charge >= 0.3 is 0 Å². The molecule has 1 unspecified atom stereocenters. The Morgan fingerprint density at radius 3 is 2.90 bits per heavy atom. The zero-order valence-corrected chi connectivity index (χ0v) is 14.0. The van der Waals surface area contributed by atoms with Crippen LogP contribution in [0.1, 0.15) is 26.1 Å². The molecule has 0 fully saturated rings. The first-order valence-corrected chi connectivity index (χ1v) is 7.91. The van der Waals surface area contributed by atoms with E-state index < -0.39 is 0 Å². The van der Waals surface area contributed by atoms with Crippen molar-refractivity contribution in [1.82, 2.24) is 14.9 Å². The van der Waals surface area contributed by atoms with Gasteiger partial charge in [-0.3, -0.25) is 4.90 Å². The summed E-state index contributed by atoms with van der Waals surface area (Å²) in [5.74, 6) is 0.827. The van der Waals surface area contributed by atoms with Crippen LogP contribution in [0.2, 0.25) is 0 Å². The van der Waals surface area contributed by atoms with Crippen molar-refractivity contribution < 1.29 is 4.42 Å². The van der Waals surface area contributed by atoms with Crippen LogP contribution >= 0.6 is 15.9 Å². The fourth-order valence-electron chi connectivity index (χ4n) is 2.34. The second kappa shape index (κ2) is 5.73. The lowest BCUT2D eigenvalue weighted by Crippen LogP contribution is -2.28. The number of hydrogen-bond acceptors (Lipinski definition) is 4. The molecule has 0 saturated heterocycles. The van der Waals surface area contributed by atoms with E-state index >= 15 is 0 Å². The highest BCUT2D eigenvalue weighted by molar-refractivity contribution is 9.10. The fourth-order valence-corrected chi connectivity index (χ4v) is 2.70. The maximum atomic E-state index is 5.78. The molecule has 0 saturated carbocycles. The Kier molecular flexibility index (Phi) is 3.95. The maximum Gasteiger partial charge on any atom is 0.172 e. The standard InChI is InChI=1S/C16H18BrN3O/c1-4-10(2)20(3)9-15-18-8-14-16(19-15)12-7-11(17)5-6-13(12)21-14/h5-8,10H,4,9H2,1-3H3. The van der Waals surface area contributed by atoms with Crippen LogP contribution in [0.4, 0.5) is 0 Å². The van der Waals surface area contributed by atoms with Crippen molar-refractivity contribution in [2.75, 3.05) is 7.05 Å². The summed E-state index contributed by atoms with van der Waals surface area (Å²) >= 11 is 3.50. The van der Waals surface area contributed by atoms with Gasteiger partial charge in [0.05, 0.1) is 12.7 Å². The maximum absolute atomic E-state index is 5.78. The Labute approximate surface area is 132 Å². The number of rotatable bonds is 4. The minimum absolute atomic E-state index is 0.513. The van der Waals surface area contributed by atoms with Crippen molar-refractivity contribution >= 4 is 38.0 Å². The van der Waals surface area contributed by atoms with Gasteiger partial charge in [0.2, 0.25) is 0 Å². The smallest absolute Gasteiger partial charge is 0.172 e. The highest BCUT2D eigenvalue weighted by atomic mass is 79.9. The highest BCUT2D eigenvalue weighted by Crippen LogP contribution is 2.29. The van der Waals surface area contributed by atoms with Crippen LogP contribution in [0, 0.1) is 0 Å². The van der Waals surface area contributed by atoms with Crippen LogP contribution < -0.4 is 0 Å². The second-order valence-corrected chi connectivity index (χ2v) is 6.33. The molecule has 3 rings (SSSR count). The third-order valence-electron chi connectivity index (χ3n) is 3.96. The molecule has 0 spiro atoms. The van der Waals surface area contributed by atoms with E-state index in [0.29, 0.717) is 6.04 Å². The van der Waals surface area contributed by atoms with Gasteiger partial charge in [0.25, 0.3) is 0 Å². The Morgan fingerprint density at radius 2 is 2.14 bits per heavy atom. The van der Waals surface area contributed by atoms with Gasteiger partial charge in [-0.1, -0.05) is 22.9 Å². The molecule has 0 amide bonds. The van der Waals surface area contributed by atoms with Crippen LogP contribution in [0.5, 0.6) is 0 Å². The molecule has 0 aliphatic carbocycles. The topological polar surface area (TPSA) is 42.2 Å². The van der Waals surface area contributed by atoms with Gasteiger partial charge < -0.3 is 4.42 Å². The van der Waals surface area contributed by atoms with E-state index in [0.717, 1.165) is 45.3 Å². The van der Waals surface area contributed by atoms with Crippen molar-refractivity contribution in [3.05, 3.63) is 34.7 Å². The molecule has 0 aliphatic rings.